The minimum absolute atomic E-state index is 0.0410. The van der Waals surface area contributed by atoms with E-state index in [1.165, 1.54) is 57.5 Å². The summed E-state index contributed by atoms with van der Waals surface area (Å²) in [6, 6.07) is 50.5. The van der Waals surface area contributed by atoms with Crippen LogP contribution in [0.15, 0.2) is 145 Å². The van der Waals surface area contributed by atoms with E-state index in [2.05, 4.69) is 156 Å². The highest BCUT2D eigenvalue weighted by atomic mass is 32.2. The van der Waals surface area contributed by atoms with Gasteiger partial charge < -0.3 is 14.4 Å². The first-order chi connectivity index (χ1) is 28.1. The van der Waals surface area contributed by atoms with Gasteiger partial charge in [-0.15, -0.1) is 0 Å². The molecule has 1 aromatic heterocycles. The third-order valence-corrected chi connectivity index (χ3v) is 13.3. The summed E-state index contributed by atoms with van der Waals surface area (Å²) < 4.78 is 12.5. The van der Waals surface area contributed by atoms with Gasteiger partial charge in [-0.05, 0) is 90.3 Å². The van der Waals surface area contributed by atoms with E-state index in [-0.39, 0.29) is 11.5 Å². The summed E-state index contributed by atoms with van der Waals surface area (Å²) in [6.45, 7) is 3.66. The molecular weight excluding hydrogens is 721 g/mol. The molecule has 2 heterocycles. The first-order valence-corrected chi connectivity index (χ1v) is 21.7. The van der Waals surface area contributed by atoms with Crippen LogP contribution in [0.5, 0.6) is 5.75 Å². The average Bonchev–Trinajstić information content (AvgIpc) is 3.27. The van der Waals surface area contributed by atoms with Crippen molar-refractivity contribution in [1.29, 1.82) is 0 Å². The van der Waals surface area contributed by atoms with E-state index in [1.807, 2.05) is 7.11 Å². The van der Waals surface area contributed by atoms with Gasteiger partial charge in [-0.1, -0.05) is 139 Å². The van der Waals surface area contributed by atoms with Gasteiger partial charge in [-0.25, -0.2) is 9.97 Å². The zero-order chi connectivity index (χ0) is 38.7. The number of hydrogen-bond donors (Lipinski definition) is 0. The topological polar surface area (TPSA) is 50.7 Å². The summed E-state index contributed by atoms with van der Waals surface area (Å²) in [5.41, 5.74) is 9.99. The Kier molecular flexibility index (Phi) is 10.9. The Balaban J connectivity index is 1.06. The second kappa shape index (κ2) is 16.5. The van der Waals surface area contributed by atoms with Gasteiger partial charge in [0.05, 0.1) is 23.9 Å². The van der Waals surface area contributed by atoms with E-state index >= 15 is 0 Å². The number of methoxy groups -OCH3 is 1. The number of nitrogens with zero attached hydrogens (tertiary/aromatic N) is 4. The number of hydrogen-bond acceptors (Lipinski definition) is 7. The normalized spacial score (nSPS) is 19.5. The van der Waals surface area contributed by atoms with Crippen molar-refractivity contribution < 1.29 is 9.47 Å². The number of benzene rings is 5. The van der Waals surface area contributed by atoms with Crippen LogP contribution in [-0.4, -0.2) is 60.5 Å². The maximum Gasteiger partial charge on any atom is 0.189 e. The molecule has 1 spiro atoms. The van der Waals surface area contributed by atoms with Crippen LogP contribution in [0, 0.1) is 0 Å². The van der Waals surface area contributed by atoms with Crippen molar-refractivity contribution in [2.24, 2.45) is 0 Å². The number of ether oxygens (including phenoxy) is 2. The van der Waals surface area contributed by atoms with Gasteiger partial charge in [0.25, 0.3) is 0 Å². The Morgan fingerprint density at radius 2 is 1.40 bits per heavy atom. The van der Waals surface area contributed by atoms with Crippen molar-refractivity contribution in [2.45, 2.75) is 67.3 Å². The van der Waals surface area contributed by atoms with Gasteiger partial charge in [0.1, 0.15) is 18.2 Å². The number of aromatic nitrogens is 2. The number of rotatable bonds is 11. The zero-order valence-electron chi connectivity index (χ0n) is 33.1. The molecule has 1 unspecified atom stereocenters. The lowest BCUT2D eigenvalue weighted by atomic mass is 9.62. The highest BCUT2D eigenvalue weighted by Crippen LogP contribution is 2.49. The van der Waals surface area contributed by atoms with Gasteiger partial charge in [-0.3, -0.25) is 4.90 Å². The van der Waals surface area contributed by atoms with Crippen molar-refractivity contribution >= 4 is 17.6 Å². The predicted molar refractivity (Wildman–Crippen MR) is 231 cm³/mol. The fraction of sp³-hybridized carbons (Fsp3) is 0.320. The minimum Gasteiger partial charge on any atom is -0.489 e. The monoisotopic (exact) mass is 772 g/mol. The molecule has 2 atom stereocenters. The molecule has 1 aliphatic heterocycles. The first kappa shape index (κ1) is 37.6. The van der Waals surface area contributed by atoms with Crippen molar-refractivity contribution in [3.05, 3.63) is 184 Å². The van der Waals surface area contributed by atoms with E-state index in [9.17, 15) is 0 Å². The number of aryl methyl sites for hydroxylation is 1. The van der Waals surface area contributed by atoms with Crippen LogP contribution in [0.25, 0.3) is 0 Å². The van der Waals surface area contributed by atoms with Gasteiger partial charge in [0.15, 0.2) is 5.16 Å². The second-order valence-electron chi connectivity index (χ2n) is 15.9. The van der Waals surface area contributed by atoms with Gasteiger partial charge in [0, 0.05) is 37.7 Å². The fourth-order valence-corrected chi connectivity index (χ4v) is 10.5. The standard InChI is InChI=1S/C50H52N4O2S/c1-55-36-42-34-53(50(39-19-9-4-10-20-39,40-21-11-5-12-22-40)41-23-13-6-14-24-41)30-31-54(42)47-44-27-29-49(33-46(44)51-48(52-47)57-2)28-15-18-38-25-26-43(32-45(38)49)56-35-37-16-7-3-8-17-37/h3-14,16-17,19-26,32,42H,15,18,27-31,33-36H2,1-2H3/t42-,49?/m1/s1. The summed E-state index contributed by atoms with van der Waals surface area (Å²) in [4.78, 5) is 15.9. The fourth-order valence-electron chi connectivity index (χ4n) is 10.2. The molecule has 1 saturated heterocycles. The molecule has 0 radical (unpaired) electrons. The lowest BCUT2D eigenvalue weighted by molar-refractivity contribution is 0.0880. The van der Waals surface area contributed by atoms with E-state index in [4.69, 9.17) is 19.4 Å². The number of piperazine rings is 1. The summed E-state index contributed by atoms with van der Waals surface area (Å²) >= 11 is 1.65. The minimum atomic E-state index is -0.484. The molecule has 1 fully saturated rings. The lowest BCUT2D eigenvalue weighted by Crippen LogP contribution is -2.62. The van der Waals surface area contributed by atoms with E-state index in [0.29, 0.717) is 13.2 Å². The van der Waals surface area contributed by atoms with Crippen molar-refractivity contribution in [2.75, 3.05) is 44.5 Å². The summed E-state index contributed by atoms with van der Waals surface area (Å²) in [5.74, 6) is 2.05. The maximum absolute atomic E-state index is 6.40. The molecule has 0 bridgehead atoms. The van der Waals surface area contributed by atoms with Crippen LogP contribution in [0.2, 0.25) is 0 Å². The molecule has 0 saturated carbocycles. The van der Waals surface area contributed by atoms with Crippen LogP contribution in [0.3, 0.4) is 0 Å². The van der Waals surface area contributed by atoms with Crippen molar-refractivity contribution in [3.63, 3.8) is 0 Å². The SMILES string of the molecule is COC[C@H]1CN(C(c2ccccc2)(c2ccccc2)c2ccccc2)CCN1c1nc(SC)nc2c1CCC1(CCCc3ccc(OCc4ccccc4)cc31)C2. The van der Waals surface area contributed by atoms with Gasteiger partial charge in [-0.2, -0.15) is 0 Å². The first-order valence-electron chi connectivity index (χ1n) is 20.5. The molecule has 9 rings (SSSR count). The molecule has 3 aliphatic rings. The lowest BCUT2D eigenvalue weighted by Gasteiger charge is -2.52. The number of thioether (sulfide) groups is 1. The highest BCUT2D eigenvalue weighted by Gasteiger charge is 2.47. The van der Waals surface area contributed by atoms with Gasteiger partial charge >= 0.3 is 0 Å². The Morgan fingerprint density at radius 3 is 2.04 bits per heavy atom. The van der Waals surface area contributed by atoms with Crippen LogP contribution in [0.1, 0.15) is 63.9 Å². The highest BCUT2D eigenvalue weighted by molar-refractivity contribution is 7.98. The molecule has 0 amide bonds. The Labute approximate surface area is 342 Å². The molecule has 5 aromatic carbocycles. The largest absolute Gasteiger partial charge is 0.489 e. The third kappa shape index (κ3) is 7.15. The van der Waals surface area contributed by atoms with Crippen LogP contribution in [0.4, 0.5) is 5.82 Å². The molecule has 0 N–H and O–H groups in total. The van der Waals surface area contributed by atoms with E-state index in [1.54, 1.807) is 11.8 Å². The summed E-state index contributed by atoms with van der Waals surface area (Å²) in [6.07, 6.45) is 8.55. The molecule has 57 heavy (non-hydrogen) atoms. The Morgan fingerprint density at radius 1 is 0.754 bits per heavy atom. The summed E-state index contributed by atoms with van der Waals surface area (Å²) in [5, 5.41) is 0.850. The predicted octanol–water partition coefficient (Wildman–Crippen LogP) is 9.67. The average molecular weight is 773 g/mol. The second-order valence-corrected chi connectivity index (χ2v) is 16.7. The number of fused-ring (bicyclic) bond motifs is 3. The van der Waals surface area contributed by atoms with E-state index in [0.717, 1.165) is 62.0 Å². The summed E-state index contributed by atoms with van der Waals surface area (Å²) in [7, 11) is 1.83. The molecule has 2 aliphatic carbocycles. The Bertz CT molecular complexity index is 2180. The zero-order valence-corrected chi connectivity index (χ0v) is 34.0. The molecule has 6 aromatic rings. The van der Waals surface area contributed by atoms with Crippen molar-refractivity contribution in [3.8, 4) is 5.75 Å². The maximum atomic E-state index is 6.40. The Hall–Kier alpha value is -4.95. The van der Waals surface area contributed by atoms with E-state index < -0.39 is 5.54 Å². The molecule has 6 nitrogen and oxygen atoms in total. The van der Waals surface area contributed by atoms with Crippen LogP contribution >= 0.6 is 11.8 Å². The smallest absolute Gasteiger partial charge is 0.189 e. The van der Waals surface area contributed by atoms with Crippen molar-refractivity contribution in [1.82, 2.24) is 14.9 Å². The third-order valence-electron chi connectivity index (χ3n) is 12.8. The molecule has 7 heteroatoms. The number of anilines is 1. The van der Waals surface area contributed by atoms with Crippen LogP contribution < -0.4 is 9.64 Å². The quantitative estimate of drug-likeness (QED) is 0.0739. The van der Waals surface area contributed by atoms with Crippen LogP contribution in [-0.2, 0) is 41.6 Å². The molecule has 290 valence electrons. The molecular formula is C50H52N4O2S. The van der Waals surface area contributed by atoms with Gasteiger partial charge in [0.2, 0.25) is 0 Å².